The highest BCUT2D eigenvalue weighted by atomic mass is 16.3. The summed E-state index contributed by atoms with van der Waals surface area (Å²) in [7, 11) is 0. The van der Waals surface area contributed by atoms with E-state index in [1.807, 2.05) is 26.8 Å². The number of hydrogen-bond acceptors (Lipinski definition) is 4. The highest BCUT2D eigenvalue weighted by molar-refractivity contribution is 5.66. The summed E-state index contributed by atoms with van der Waals surface area (Å²) in [6.07, 6.45) is 3.29. The highest BCUT2D eigenvalue weighted by Crippen LogP contribution is 2.26. The summed E-state index contributed by atoms with van der Waals surface area (Å²) in [6, 6.07) is 1.87. The minimum absolute atomic E-state index is 0.258. The van der Waals surface area contributed by atoms with Crippen molar-refractivity contribution >= 4 is 5.82 Å². The zero-order chi connectivity index (χ0) is 11.7. The molecule has 0 radical (unpaired) electrons. The molecule has 2 rings (SSSR count). The van der Waals surface area contributed by atoms with Crippen LogP contribution in [-0.4, -0.2) is 9.97 Å². The summed E-state index contributed by atoms with van der Waals surface area (Å²) in [6.45, 7) is 6.01. The molecule has 0 spiro atoms. The van der Waals surface area contributed by atoms with Crippen molar-refractivity contribution in [1.29, 1.82) is 0 Å². The number of hydrogen-bond donors (Lipinski definition) is 1. The van der Waals surface area contributed by atoms with Crippen molar-refractivity contribution in [2.75, 3.05) is 5.73 Å². The quantitative estimate of drug-likeness (QED) is 0.840. The van der Waals surface area contributed by atoms with E-state index in [9.17, 15) is 0 Å². The van der Waals surface area contributed by atoms with Gasteiger partial charge in [-0.25, -0.2) is 9.97 Å². The molecule has 0 aliphatic rings. The molecule has 84 valence electrons. The third-order valence-corrected chi connectivity index (χ3v) is 2.51. The molecule has 4 nitrogen and oxygen atoms in total. The van der Waals surface area contributed by atoms with Gasteiger partial charge in [-0.05, 0) is 13.0 Å². The Bertz CT molecular complexity index is 489. The second-order valence-corrected chi connectivity index (χ2v) is 4.11. The fraction of sp³-hybridized carbons (Fsp3) is 0.333. The standard InChI is InChI=1S/C12H15N3O/c1-7(2)12-14-10(8(3)11(13)15-12)9-4-5-16-6-9/h4-7H,1-3H3,(H2,13,14,15). The maximum absolute atomic E-state index is 5.88. The Labute approximate surface area is 94.5 Å². The zero-order valence-electron chi connectivity index (χ0n) is 9.69. The SMILES string of the molecule is Cc1c(N)nc(C(C)C)nc1-c1ccoc1. The lowest BCUT2D eigenvalue weighted by Crippen LogP contribution is -2.05. The van der Waals surface area contributed by atoms with Crippen molar-refractivity contribution in [1.82, 2.24) is 9.97 Å². The number of furan rings is 1. The minimum atomic E-state index is 0.258. The molecular formula is C12H15N3O. The molecule has 0 saturated carbocycles. The maximum atomic E-state index is 5.88. The van der Waals surface area contributed by atoms with Crippen LogP contribution in [0.25, 0.3) is 11.3 Å². The van der Waals surface area contributed by atoms with Crippen LogP contribution in [0.2, 0.25) is 0 Å². The van der Waals surface area contributed by atoms with Crippen molar-refractivity contribution in [2.24, 2.45) is 0 Å². The Morgan fingerprint density at radius 2 is 2.06 bits per heavy atom. The lowest BCUT2D eigenvalue weighted by Gasteiger charge is -2.10. The van der Waals surface area contributed by atoms with Gasteiger partial charge in [0.1, 0.15) is 11.6 Å². The van der Waals surface area contributed by atoms with Crippen LogP contribution < -0.4 is 5.73 Å². The maximum Gasteiger partial charge on any atom is 0.133 e. The first kappa shape index (κ1) is 10.7. The van der Waals surface area contributed by atoms with Crippen molar-refractivity contribution in [3.05, 3.63) is 30.0 Å². The van der Waals surface area contributed by atoms with Crippen LogP contribution in [-0.2, 0) is 0 Å². The predicted molar refractivity (Wildman–Crippen MR) is 63.0 cm³/mol. The number of nitrogens with zero attached hydrogens (tertiary/aromatic N) is 2. The van der Waals surface area contributed by atoms with Crippen molar-refractivity contribution in [2.45, 2.75) is 26.7 Å². The molecule has 0 unspecified atom stereocenters. The number of rotatable bonds is 2. The first-order chi connectivity index (χ1) is 7.59. The van der Waals surface area contributed by atoms with Crippen LogP contribution in [0.1, 0.15) is 31.2 Å². The second kappa shape index (κ2) is 3.96. The van der Waals surface area contributed by atoms with Gasteiger partial charge in [-0.3, -0.25) is 0 Å². The average Bonchev–Trinajstić information content (AvgIpc) is 2.74. The van der Waals surface area contributed by atoms with Gasteiger partial charge in [0.05, 0.1) is 18.2 Å². The van der Waals surface area contributed by atoms with E-state index in [0.717, 1.165) is 22.6 Å². The first-order valence-electron chi connectivity index (χ1n) is 5.26. The van der Waals surface area contributed by atoms with Crippen LogP contribution in [0.3, 0.4) is 0 Å². The topological polar surface area (TPSA) is 64.9 Å². The summed E-state index contributed by atoms with van der Waals surface area (Å²) >= 11 is 0. The Kier molecular flexibility index (Phi) is 2.64. The van der Waals surface area contributed by atoms with Crippen LogP contribution in [0.4, 0.5) is 5.82 Å². The van der Waals surface area contributed by atoms with Gasteiger partial charge in [-0.2, -0.15) is 0 Å². The third kappa shape index (κ3) is 1.78. The molecular weight excluding hydrogens is 202 g/mol. The van der Waals surface area contributed by atoms with E-state index in [2.05, 4.69) is 9.97 Å². The minimum Gasteiger partial charge on any atom is -0.472 e. The normalized spacial score (nSPS) is 11.0. The number of aromatic nitrogens is 2. The Balaban J connectivity index is 2.60. The summed E-state index contributed by atoms with van der Waals surface area (Å²) in [5.74, 6) is 1.56. The fourth-order valence-corrected chi connectivity index (χ4v) is 1.49. The van der Waals surface area contributed by atoms with Gasteiger partial charge in [0, 0.05) is 17.0 Å². The van der Waals surface area contributed by atoms with Crippen LogP contribution in [0.15, 0.2) is 23.0 Å². The van der Waals surface area contributed by atoms with Gasteiger partial charge >= 0.3 is 0 Å². The first-order valence-corrected chi connectivity index (χ1v) is 5.26. The number of nitrogens with two attached hydrogens (primary N) is 1. The molecule has 0 bridgehead atoms. The highest BCUT2D eigenvalue weighted by Gasteiger charge is 2.13. The van der Waals surface area contributed by atoms with Gasteiger partial charge < -0.3 is 10.2 Å². The Morgan fingerprint density at radius 3 is 2.62 bits per heavy atom. The summed E-state index contributed by atoms with van der Waals surface area (Å²) in [5, 5.41) is 0. The molecule has 0 atom stereocenters. The van der Waals surface area contributed by atoms with Crippen molar-refractivity contribution in [3.8, 4) is 11.3 Å². The van der Waals surface area contributed by atoms with Gasteiger partial charge in [-0.15, -0.1) is 0 Å². The van der Waals surface area contributed by atoms with Crippen LogP contribution in [0.5, 0.6) is 0 Å². The van der Waals surface area contributed by atoms with Crippen LogP contribution in [0, 0.1) is 6.92 Å². The van der Waals surface area contributed by atoms with E-state index in [0.29, 0.717) is 5.82 Å². The third-order valence-electron chi connectivity index (χ3n) is 2.51. The molecule has 2 heterocycles. The van der Waals surface area contributed by atoms with E-state index in [1.165, 1.54) is 0 Å². The molecule has 0 aromatic carbocycles. The molecule has 2 N–H and O–H groups in total. The largest absolute Gasteiger partial charge is 0.472 e. The van der Waals surface area contributed by atoms with Crippen molar-refractivity contribution < 1.29 is 4.42 Å². The monoisotopic (exact) mass is 217 g/mol. The molecule has 2 aromatic rings. The van der Waals surface area contributed by atoms with E-state index < -0.39 is 0 Å². The van der Waals surface area contributed by atoms with Gasteiger partial charge in [0.25, 0.3) is 0 Å². The molecule has 0 aliphatic heterocycles. The fourth-order valence-electron chi connectivity index (χ4n) is 1.49. The van der Waals surface area contributed by atoms with Crippen LogP contribution >= 0.6 is 0 Å². The van der Waals surface area contributed by atoms with E-state index in [1.54, 1.807) is 12.5 Å². The summed E-state index contributed by atoms with van der Waals surface area (Å²) in [5.41, 5.74) is 8.57. The molecule has 0 amide bonds. The van der Waals surface area contributed by atoms with E-state index in [-0.39, 0.29) is 5.92 Å². The molecule has 0 aliphatic carbocycles. The lowest BCUT2D eigenvalue weighted by molar-refractivity contribution is 0.568. The Hall–Kier alpha value is -1.84. The van der Waals surface area contributed by atoms with E-state index >= 15 is 0 Å². The second-order valence-electron chi connectivity index (χ2n) is 4.11. The van der Waals surface area contributed by atoms with E-state index in [4.69, 9.17) is 10.2 Å². The van der Waals surface area contributed by atoms with Gasteiger partial charge in [-0.1, -0.05) is 13.8 Å². The molecule has 0 saturated heterocycles. The summed E-state index contributed by atoms with van der Waals surface area (Å²) < 4.78 is 5.06. The Morgan fingerprint density at radius 1 is 1.31 bits per heavy atom. The molecule has 4 heteroatoms. The zero-order valence-corrected chi connectivity index (χ0v) is 9.69. The van der Waals surface area contributed by atoms with Crippen molar-refractivity contribution in [3.63, 3.8) is 0 Å². The lowest BCUT2D eigenvalue weighted by atomic mass is 10.1. The number of anilines is 1. The summed E-state index contributed by atoms with van der Waals surface area (Å²) in [4.78, 5) is 8.80. The molecule has 0 fully saturated rings. The predicted octanol–water partition coefficient (Wildman–Crippen LogP) is 2.75. The number of nitrogen functional groups attached to an aromatic ring is 1. The smallest absolute Gasteiger partial charge is 0.133 e. The molecule has 2 aromatic heterocycles. The van der Waals surface area contributed by atoms with Gasteiger partial charge in [0.15, 0.2) is 0 Å². The average molecular weight is 217 g/mol. The molecule has 16 heavy (non-hydrogen) atoms. The van der Waals surface area contributed by atoms with Gasteiger partial charge in [0.2, 0.25) is 0 Å².